The van der Waals surface area contributed by atoms with Gasteiger partial charge in [-0.1, -0.05) is 36.8 Å². The van der Waals surface area contributed by atoms with E-state index in [1.807, 2.05) is 26.8 Å². The first kappa shape index (κ1) is 24.7. The van der Waals surface area contributed by atoms with Crippen molar-refractivity contribution in [3.63, 3.8) is 0 Å². The second kappa shape index (κ2) is 8.35. The van der Waals surface area contributed by atoms with Gasteiger partial charge in [0.25, 0.3) is 0 Å². The predicted octanol–water partition coefficient (Wildman–Crippen LogP) is 2.69. The van der Waals surface area contributed by atoms with Gasteiger partial charge in [0.15, 0.2) is 6.29 Å². The van der Waals surface area contributed by atoms with E-state index in [0.717, 1.165) is 11.1 Å². The molecule has 2 spiro atoms. The Labute approximate surface area is 221 Å². The van der Waals surface area contributed by atoms with E-state index in [2.05, 4.69) is 13.0 Å². The van der Waals surface area contributed by atoms with Gasteiger partial charge in [-0.3, -0.25) is 0 Å². The Bertz CT molecular complexity index is 1180. The Morgan fingerprint density at radius 2 is 1.79 bits per heavy atom. The number of carbonyl (C=O) groups is 2. The quantitative estimate of drug-likeness (QED) is 0.268. The van der Waals surface area contributed by atoms with Crippen molar-refractivity contribution in [2.75, 3.05) is 13.2 Å². The molecule has 0 unspecified atom stereocenters. The zero-order valence-electron chi connectivity index (χ0n) is 22.1. The molecule has 9 heteroatoms. The van der Waals surface area contributed by atoms with Crippen molar-refractivity contribution in [3.8, 4) is 0 Å². The fourth-order valence-corrected chi connectivity index (χ4v) is 7.73. The van der Waals surface area contributed by atoms with Crippen LogP contribution in [0.5, 0.6) is 0 Å². The molecule has 0 aromatic rings. The van der Waals surface area contributed by atoms with E-state index in [0.29, 0.717) is 19.4 Å². The molecule has 0 radical (unpaired) electrons. The first-order chi connectivity index (χ1) is 18.2. The molecular formula is C29H34O9. The molecule has 0 aromatic heterocycles. The highest BCUT2D eigenvalue weighted by Gasteiger charge is 2.87. The summed E-state index contributed by atoms with van der Waals surface area (Å²) in [5.41, 5.74) is -0.179. The van der Waals surface area contributed by atoms with Crippen LogP contribution < -0.4 is 0 Å². The van der Waals surface area contributed by atoms with Crippen molar-refractivity contribution in [1.29, 1.82) is 0 Å². The number of hydrogen-bond donors (Lipinski definition) is 0. The summed E-state index contributed by atoms with van der Waals surface area (Å²) in [6.45, 7) is 8.50. The molecule has 5 aliphatic heterocycles. The number of ether oxygens (including phenoxy) is 7. The van der Waals surface area contributed by atoms with Crippen molar-refractivity contribution in [2.24, 2.45) is 10.8 Å². The van der Waals surface area contributed by atoms with Gasteiger partial charge in [0.2, 0.25) is 0 Å². The minimum absolute atomic E-state index is 0.0573. The van der Waals surface area contributed by atoms with Gasteiger partial charge >= 0.3 is 11.9 Å². The summed E-state index contributed by atoms with van der Waals surface area (Å²) in [6, 6.07) is 0. The number of esters is 2. The van der Waals surface area contributed by atoms with E-state index in [1.165, 1.54) is 12.2 Å². The molecule has 4 bridgehead atoms. The highest BCUT2D eigenvalue weighted by Crippen LogP contribution is 2.74. The van der Waals surface area contributed by atoms with Crippen LogP contribution in [-0.4, -0.2) is 79.8 Å². The molecule has 204 valence electrons. The number of carbonyl (C=O) groups excluding carboxylic acids is 2. The molecular weight excluding hydrogens is 492 g/mol. The van der Waals surface area contributed by atoms with Gasteiger partial charge in [0.05, 0.1) is 35.7 Å². The van der Waals surface area contributed by atoms with Crippen molar-refractivity contribution in [1.82, 2.24) is 0 Å². The minimum Gasteiger partial charge on any atom is -0.462 e. The lowest BCUT2D eigenvalue weighted by molar-refractivity contribution is -0.235. The maximum Gasteiger partial charge on any atom is 0.331 e. The lowest BCUT2D eigenvalue weighted by atomic mass is 9.51. The zero-order chi connectivity index (χ0) is 26.4. The summed E-state index contributed by atoms with van der Waals surface area (Å²) < 4.78 is 43.1. The fraction of sp³-hybridized carbons (Fsp3) is 0.655. The fourth-order valence-electron chi connectivity index (χ4n) is 7.73. The summed E-state index contributed by atoms with van der Waals surface area (Å²) in [4.78, 5) is 26.1. The zero-order valence-corrected chi connectivity index (χ0v) is 22.1. The first-order valence-electron chi connectivity index (χ1n) is 13.5. The summed E-state index contributed by atoms with van der Waals surface area (Å²) >= 11 is 0. The number of cyclic esters (lactones) is 1. The van der Waals surface area contributed by atoms with Crippen LogP contribution in [-0.2, 0) is 42.7 Å². The molecule has 7 rings (SSSR count). The van der Waals surface area contributed by atoms with Gasteiger partial charge in [-0.15, -0.1) is 0 Å². The number of hydrogen-bond acceptors (Lipinski definition) is 9. The van der Waals surface area contributed by atoms with Crippen LogP contribution in [0.3, 0.4) is 0 Å². The average molecular weight is 527 g/mol. The highest BCUT2D eigenvalue weighted by atomic mass is 16.7. The molecule has 9 nitrogen and oxygen atoms in total. The molecule has 7 aliphatic rings. The van der Waals surface area contributed by atoms with E-state index in [1.54, 1.807) is 12.2 Å². The molecule has 1 saturated carbocycles. The third-order valence-electron chi connectivity index (χ3n) is 9.92. The van der Waals surface area contributed by atoms with Crippen LogP contribution in [0.25, 0.3) is 0 Å². The normalized spacial score (nSPS) is 54.2. The van der Waals surface area contributed by atoms with E-state index < -0.39 is 40.8 Å². The van der Waals surface area contributed by atoms with Gasteiger partial charge in [-0.05, 0) is 26.3 Å². The van der Waals surface area contributed by atoms with E-state index in [4.69, 9.17) is 33.2 Å². The minimum atomic E-state index is -0.779. The van der Waals surface area contributed by atoms with Crippen molar-refractivity contribution < 1.29 is 42.7 Å². The molecule has 5 heterocycles. The van der Waals surface area contributed by atoms with Crippen LogP contribution in [0.15, 0.2) is 47.6 Å². The standard InChI is InChI=1S/C29H34O9/c1-15-9-23(31)32-13-28-20(11-16(2)25-26(28)38-25)36-21-12-19(27(28,4)29(21)14-33-29)37-22(30)8-6-5-7-18-17(3)34-24(10-15)35-18/h5-9,11,17-21,24-26H,10,12-14H2,1-4H3/b7-5+,8-6-,15-9+/t17-,18-,19-,20-,21-,24+,25+,26+,27-,28-,29+/m1/s1. The second-order valence-corrected chi connectivity index (χ2v) is 11.9. The predicted molar refractivity (Wildman–Crippen MR) is 132 cm³/mol. The molecule has 5 fully saturated rings. The monoisotopic (exact) mass is 526 g/mol. The maximum absolute atomic E-state index is 13.1. The van der Waals surface area contributed by atoms with Crippen LogP contribution in [0.1, 0.15) is 40.5 Å². The number of allylic oxidation sites excluding steroid dienone is 2. The van der Waals surface area contributed by atoms with Crippen LogP contribution in [0, 0.1) is 10.8 Å². The van der Waals surface area contributed by atoms with E-state index in [9.17, 15) is 9.59 Å². The van der Waals surface area contributed by atoms with Crippen molar-refractivity contribution >= 4 is 11.9 Å². The van der Waals surface area contributed by atoms with Crippen LogP contribution in [0.4, 0.5) is 0 Å². The lowest BCUT2D eigenvalue weighted by Crippen LogP contribution is -2.69. The summed E-state index contributed by atoms with van der Waals surface area (Å²) in [5, 5.41) is 0. The Morgan fingerprint density at radius 1 is 0.974 bits per heavy atom. The molecule has 11 atom stereocenters. The Morgan fingerprint density at radius 3 is 2.58 bits per heavy atom. The molecule has 0 amide bonds. The van der Waals surface area contributed by atoms with Gasteiger partial charge in [-0.2, -0.15) is 0 Å². The maximum atomic E-state index is 13.1. The Hall–Kier alpha value is -2.30. The number of fused-ring (bicyclic) bond motifs is 3. The van der Waals surface area contributed by atoms with Gasteiger partial charge in [0.1, 0.15) is 36.6 Å². The largest absolute Gasteiger partial charge is 0.462 e. The topological polar surface area (TPSA) is 105 Å². The molecule has 0 aromatic carbocycles. The summed E-state index contributed by atoms with van der Waals surface area (Å²) in [7, 11) is 0. The van der Waals surface area contributed by atoms with E-state index in [-0.39, 0.29) is 43.2 Å². The van der Waals surface area contributed by atoms with Crippen LogP contribution >= 0.6 is 0 Å². The lowest BCUT2D eigenvalue weighted by Gasteiger charge is -2.57. The second-order valence-electron chi connectivity index (χ2n) is 11.9. The third-order valence-corrected chi connectivity index (χ3v) is 9.92. The first-order valence-corrected chi connectivity index (χ1v) is 13.5. The number of rotatable bonds is 0. The van der Waals surface area contributed by atoms with Gasteiger partial charge in [-0.25, -0.2) is 9.59 Å². The Kier molecular flexibility index (Phi) is 5.43. The molecule has 38 heavy (non-hydrogen) atoms. The summed E-state index contributed by atoms with van der Waals surface area (Å²) in [5.74, 6) is -0.897. The van der Waals surface area contributed by atoms with Crippen LogP contribution in [0.2, 0.25) is 0 Å². The van der Waals surface area contributed by atoms with Crippen molar-refractivity contribution in [2.45, 2.75) is 95.2 Å². The van der Waals surface area contributed by atoms with Crippen molar-refractivity contribution in [3.05, 3.63) is 47.6 Å². The smallest absolute Gasteiger partial charge is 0.331 e. The SMILES string of the molecule is CC1=C[C@H]2O[C@@H]3C[C@H]4OC(=O)/C=C\C=C\[C@H]5O[C@@H](C/C(C)=C/C(=O)OC[C@@]2([C@H]2O[C@@H]12)[C@]4(C)[C@]31CO1)O[C@@H]5C. The Balaban J connectivity index is 1.28. The molecule has 0 N–H and O–H groups in total. The molecule has 2 aliphatic carbocycles. The van der Waals surface area contributed by atoms with E-state index >= 15 is 0 Å². The van der Waals surface area contributed by atoms with Gasteiger partial charge in [0, 0.05) is 25.0 Å². The molecule has 4 saturated heterocycles. The average Bonchev–Trinajstić information content (AvgIpc) is 3.76. The highest BCUT2D eigenvalue weighted by molar-refractivity contribution is 5.83. The summed E-state index contributed by atoms with van der Waals surface area (Å²) in [6.07, 6.45) is 8.96. The number of epoxide rings is 2. The third kappa shape index (κ3) is 3.35. The van der Waals surface area contributed by atoms with Gasteiger partial charge < -0.3 is 33.2 Å².